The Kier molecular flexibility index (Phi) is 11.0. The zero-order valence-corrected chi connectivity index (χ0v) is 28.2. The molecule has 13 heteroatoms. The standard InChI is InChI=1S/C35H39F3N6O3S/c1-22(2)30-18-17-29(46-5)19-31(30)44-24(4)20-48-34(44)41-33(45)40-23(3)7-6-8-25-9-11-26(12-10-25)32-39-21-43(42-32)27-13-15-28(16-14-27)47-35(36,37)38/h9-23,33,40,45H,6-8H2,1-5H3. The van der Waals surface area contributed by atoms with E-state index >= 15 is 0 Å². The number of ether oxygens (including phenoxy) is 2. The van der Waals surface area contributed by atoms with Crippen LogP contribution in [-0.2, 0) is 6.42 Å². The van der Waals surface area contributed by atoms with Gasteiger partial charge >= 0.3 is 6.36 Å². The van der Waals surface area contributed by atoms with Crippen molar-refractivity contribution in [2.24, 2.45) is 4.99 Å². The van der Waals surface area contributed by atoms with Crippen molar-refractivity contribution in [2.45, 2.75) is 71.6 Å². The number of hydrogen-bond acceptors (Lipinski definition) is 8. The van der Waals surface area contributed by atoms with Crippen LogP contribution in [0.25, 0.3) is 22.8 Å². The molecule has 0 spiro atoms. The molecule has 0 amide bonds. The maximum absolute atomic E-state index is 12.4. The molecule has 0 bridgehead atoms. The van der Waals surface area contributed by atoms with Crippen molar-refractivity contribution < 1.29 is 27.8 Å². The highest BCUT2D eigenvalue weighted by molar-refractivity contribution is 7.07. The summed E-state index contributed by atoms with van der Waals surface area (Å²) < 4.78 is 50.3. The highest BCUT2D eigenvalue weighted by Crippen LogP contribution is 2.28. The second kappa shape index (κ2) is 15.2. The lowest BCUT2D eigenvalue weighted by atomic mass is 10.0. The Morgan fingerprint density at radius 2 is 1.71 bits per heavy atom. The summed E-state index contributed by atoms with van der Waals surface area (Å²) in [7, 11) is 1.65. The molecular formula is C35H39F3N6O3S. The van der Waals surface area contributed by atoms with Crippen LogP contribution >= 0.6 is 11.3 Å². The molecule has 2 atom stereocenters. The van der Waals surface area contributed by atoms with E-state index in [9.17, 15) is 18.3 Å². The Morgan fingerprint density at radius 1 is 1.00 bits per heavy atom. The molecule has 0 fully saturated rings. The maximum atomic E-state index is 12.4. The van der Waals surface area contributed by atoms with Crippen LogP contribution in [0.3, 0.4) is 0 Å². The third-order valence-electron chi connectivity index (χ3n) is 7.79. The molecule has 2 N–H and O–H groups in total. The Balaban J connectivity index is 1.15. The smallest absolute Gasteiger partial charge is 0.497 e. The van der Waals surface area contributed by atoms with Crippen molar-refractivity contribution in [3.8, 4) is 34.3 Å². The minimum Gasteiger partial charge on any atom is -0.497 e. The highest BCUT2D eigenvalue weighted by Gasteiger charge is 2.31. The van der Waals surface area contributed by atoms with Gasteiger partial charge < -0.3 is 14.6 Å². The number of rotatable bonds is 13. The van der Waals surface area contributed by atoms with Gasteiger partial charge in [-0.2, -0.15) is 0 Å². The summed E-state index contributed by atoms with van der Waals surface area (Å²) in [5, 5.41) is 20.5. The first kappa shape index (κ1) is 34.9. The van der Waals surface area contributed by atoms with Crippen LogP contribution in [0.4, 0.5) is 13.2 Å². The molecule has 5 rings (SSSR count). The van der Waals surface area contributed by atoms with Crippen LogP contribution in [0.5, 0.6) is 11.5 Å². The second-order valence-corrected chi connectivity index (χ2v) is 12.6. The van der Waals surface area contributed by atoms with Gasteiger partial charge in [-0.15, -0.1) is 29.6 Å². The molecule has 0 saturated carbocycles. The number of aryl methyl sites for hydroxylation is 2. The van der Waals surface area contributed by atoms with Gasteiger partial charge in [-0.25, -0.2) is 14.7 Å². The fourth-order valence-corrected chi connectivity index (χ4v) is 6.23. The monoisotopic (exact) mass is 680 g/mol. The summed E-state index contributed by atoms with van der Waals surface area (Å²) in [5.41, 5.74) is 5.72. The lowest BCUT2D eigenvalue weighted by molar-refractivity contribution is -0.274. The highest BCUT2D eigenvalue weighted by atomic mass is 32.1. The van der Waals surface area contributed by atoms with Crippen molar-refractivity contribution in [1.82, 2.24) is 24.6 Å². The van der Waals surface area contributed by atoms with Gasteiger partial charge in [-0.05, 0) is 80.5 Å². The minimum atomic E-state index is -4.74. The molecule has 0 radical (unpaired) electrons. The van der Waals surface area contributed by atoms with E-state index in [1.807, 2.05) is 55.6 Å². The van der Waals surface area contributed by atoms with Gasteiger partial charge in [0.1, 0.15) is 17.8 Å². The molecule has 2 unspecified atom stereocenters. The number of halogens is 3. The minimum absolute atomic E-state index is 0.0304. The normalized spacial score (nSPS) is 13.6. The van der Waals surface area contributed by atoms with Crippen LogP contribution in [0, 0.1) is 6.92 Å². The topological polar surface area (TPSA) is 98.7 Å². The predicted molar refractivity (Wildman–Crippen MR) is 180 cm³/mol. The molecule has 254 valence electrons. The van der Waals surface area contributed by atoms with Gasteiger partial charge in [0.2, 0.25) is 6.35 Å². The Morgan fingerprint density at radius 3 is 2.38 bits per heavy atom. The average Bonchev–Trinajstić information content (AvgIpc) is 3.67. The number of aromatic nitrogens is 4. The van der Waals surface area contributed by atoms with E-state index in [1.54, 1.807) is 7.11 Å². The summed E-state index contributed by atoms with van der Waals surface area (Å²) in [6, 6.07) is 19.5. The van der Waals surface area contributed by atoms with Gasteiger partial charge in [-0.3, -0.25) is 9.88 Å². The zero-order chi connectivity index (χ0) is 34.4. The van der Waals surface area contributed by atoms with Crippen LogP contribution in [0.2, 0.25) is 0 Å². The molecule has 0 saturated heterocycles. The summed E-state index contributed by atoms with van der Waals surface area (Å²) in [6.07, 6.45) is -1.70. The van der Waals surface area contributed by atoms with Crippen LogP contribution < -0.4 is 19.6 Å². The van der Waals surface area contributed by atoms with E-state index in [0.29, 0.717) is 22.2 Å². The van der Waals surface area contributed by atoms with Gasteiger partial charge in [-0.1, -0.05) is 44.2 Å². The number of benzene rings is 3. The second-order valence-electron chi connectivity index (χ2n) is 11.8. The number of aliphatic hydroxyl groups is 1. The van der Waals surface area contributed by atoms with Crippen LogP contribution in [-0.4, -0.2) is 50.3 Å². The lowest BCUT2D eigenvalue weighted by Crippen LogP contribution is -2.37. The molecular weight excluding hydrogens is 641 g/mol. The largest absolute Gasteiger partial charge is 0.573 e. The van der Waals surface area contributed by atoms with Crippen LogP contribution in [0.1, 0.15) is 56.4 Å². The van der Waals surface area contributed by atoms with E-state index in [-0.39, 0.29) is 11.8 Å². The summed E-state index contributed by atoms with van der Waals surface area (Å²) >= 11 is 1.48. The number of nitrogens with zero attached hydrogens (tertiary/aromatic N) is 5. The molecule has 3 aromatic carbocycles. The predicted octanol–water partition coefficient (Wildman–Crippen LogP) is 7.30. The molecule has 48 heavy (non-hydrogen) atoms. The zero-order valence-electron chi connectivity index (χ0n) is 27.4. The summed E-state index contributed by atoms with van der Waals surface area (Å²) in [5.74, 6) is 1.26. The van der Waals surface area contributed by atoms with Crippen molar-refractivity contribution in [2.75, 3.05) is 7.11 Å². The van der Waals surface area contributed by atoms with E-state index < -0.39 is 12.7 Å². The number of alkyl halides is 3. The number of hydrogen-bond donors (Lipinski definition) is 2. The van der Waals surface area contributed by atoms with Crippen molar-refractivity contribution in [3.05, 3.63) is 100 Å². The van der Waals surface area contributed by atoms with Gasteiger partial charge in [0.15, 0.2) is 10.6 Å². The average molecular weight is 681 g/mol. The summed E-state index contributed by atoms with van der Waals surface area (Å²) in [6.45, 7) is 8.36. The van der Waals surface area contributed by atoms with Crippen molar-refractivity contribution in [1.29, 1.82) is 0 Å². The Hall–Kier alpha value is -4.46. The van der Waals surface area contributed by atoms with E-state index in [4.69, 9.17) is 4.74 Å². The first-order valence-electron chi connectivity index (χ1n) is 15.6. The number of nitrogens with one attached hydrogen (secondary N) is 1. The third-order valence-corrected chi connectivity index (χ3v) is 8.74. The quantitative estimate of drug-likeness (QED) is 0.127. The van der Waals surface area contributed by atoms with Gasteiger partial charge in [0, 0.05) is 28.7 Å². The SMILES string of the molecule is COc1ccc(C(C)C)c(-n2c(C)csc2=NC(O)NC(C)CCCc2ccc(-c3ncn(-c4ccc(OC(F)(F)F)cc4)n3)cc2)c1. The molecule has 0 aliphatic heterocycles. The van der Waals surface area contributed by atoms with E-state index in [1.165, 1.54) is 52.2 Å². The number of thiazole rings is 1. The van der Waals surface area contributed by atoms with E-state index in [0.717, 1.165) is 47.5 Å². The van der Waals surface area contributed by atoms with Gasteiger partial charge in [0.25, 0.3) is 0 Å². The molecule has 2 aromatic heterocycles. The van der Waals surface area contributed by atoms with Crippen molar-refractivity contribution in [3.63, 3.8) is 0 Å². The number of aliphatic hydroxyl groups excluding tert-OH is 1. The summed E-state index contributed by atoms with van der Waals surface area (Å²) in [4.78, 5) is 9.67. The molecule has 0 aliphatic carbocycles. The van der Waals surface area contributed by atoms with Gasteiger partial charge in [0.05, 0.1) is 18.5 Å². The van der Waals surface area contributed by atoms with Crippen molar-refractivity contribution >= 4 is 11.3 Å². The third kappa shape index (κ3) is 8.91. The fraction of sp³-hybridized carbons (Fsp3) is 0.343. The Labute approximate surface area is 281 Å². The molecule has 0 aliphatic rings. The molecule has 9 nitrogen and oxygen atoms in total. The van der Waals surface area contributed by atoms with Crippen LogP contribution in [0.15, 0.2) is 83.4 Å². The first-order valence-corrected chi connectivity index (χ1v) is 16.5. The Bertz CT molecular complexity index is 1860. The lowest BCUT2D eigenvalue weighted by Gasteiger charge is -2.18. The van der Waals surface area contributed by atoms with E-state index in [2.05, 4.69) is 49.6 Å². The number of methoxy groups -OCH3 is 1. The molecule has 2 heterocycles. The fourth-order valence-electron chi connectivity index (χ4n) is 5.34. The molecule has 5 aromatic rings. The maximum Gasteiger partial charge on any atom is 0.573 e. The first-order chi connectivity index (χ1) is 22.9.